The molecule has 0 heterocycles. The van der Waals surface area contributed by atoms with Gasteiger partial charge in [-0.2, -0.15) is 0 Å². The molecule has 4 heteroatoms. The Morgan fingerprint density at radius 2 is 1.85 bits per heavy atom. The Balaban J connectivity index is 2.33. The van der Waals surface area contributed by atoms with Gasteiger partial charge in [-0.05, 0) is 54.3 Å². The molecular formula is C23H27N3O. The van der Waals surface area contributed by atoms with E-state index in [1.54, 1.807) is 7.05 Å². The maximum atomic E-state index is 11.0. The number of hydrogen-bond acceptors (Lipinski definition) is 3. The van der Waals surface area contributed by atoms with Gasteiger partial charge in [-0.1, -0.05) is 43.0 Å². The van der Waals surface area contributed by atoms with E-state index in [1.165, 1.54) is 4.90 Å². The van der Waals surface area contributed by atoms with E-state index in [0.29, 0.717) is 0 Å². The molecule has 0 atom stereocenters. The van der Waals surface area contributed by atoms with E-state index in [-0.39, 0.29) is 0 Å². The molecule has 1 amide bonds. The normalized spacial score (nSPS) is 11.3. The van der Waals surface area contributed by atoms with Crippen LogP contribution in [0.2, 0.25) is 0 Å². The van der Waals surface area contributed by atoms with Crippen molar-refractivity contribution in [3.8, 4) is 0 Å². The zero-order valence-electron chi connectivity index (χ0n) is 16.4. The van der Waals surface area contributed by atoms with Crippen molar-refractivity contribution in [3.63, 3.8) is 0 Å². The topological polar surface area (TPSA) is 44.4 Å². The minimum atomic E-state index is 0.789. The zero-order chi connectivity index (χ0) is 19.8. The first-order chi connectivity index (χ1) is 13.0. The van der Waals surface area contributed by atoms with Gasteiger partial charge in [-0.25, -0.2) is 0 Å². The van der Waals surface area contributed by atoms with Gasteiger partial charge in [0.15, 0.2) is 0 Å². The van der Waals surface area contributed by atoms with Crippen LogP contribution in [0.5, 0.6) is 0 Å². The van der Waals surface area contributed by atoms with Crippen molar-refractivity contribution in [2.45, 2.75) is 13.8 Å². The highest BCUT2D eigenvalue weighted by Gasteiger charge is 2.09. The summed E-state index contributed by atoms with van der Waals surface area (Å²) in [5.41, 5.74) is 7.03. The molecule has 27 heavy (non-hydrogen) atoms. The molecule has 0 aliphatic rings. The van der Waals surface area contributed by atoms with E-state index >= 15 is 0 Å². The molecule has 2 N–H and O–H groups in total. The van der Waals surface area contributed by atoms with Gasteiger partial charge in [0.1, 0.15) is 0 Å². The van der Waals surface area contributed by atoms with Crippen molar-refractivity contribution >= 4 is 29.1 Å². The smallest absolute Gasteiger partial charge is 0.213 e. The van der Waals surface area contributed by atoms with Crippen LogP contribution in [0, 0.1) is 6.92 Å². The monoisotopic (exact) mass is 361 g/mol. The second kappa shape index (κ2) is 9.43. The third-order valence-corrected chi connectivity index (χ3v) is 4.31. The molecule has 4 nitrogen and oxygen atoms in total. The second-order valence-corrected chi connectivity index (χ2v) is 6.26. The molecule has 0 spiro atoms. The number of nitrogens with zero attached hydrogens (tertiary/aromatic N) is 1. The lowest BCUT2D eigenvalue weighted by Crippen LogP contribution is -2.08. The largest absolute Gasteiger partial charge is 0.388 e. The Labute approximate surface area is 161 Å². The summed E-state index contributed by atoms with van der Waals surface area (Å²) in [5.74, 6) is 0. The lowest BCUT2D eigenvalue weighted by Gasteiger charge is -2.17. The Kier molecular flexibility index (Phi) is 7.00. The number of benzene rings is 2. The van der Waals surface area contributed by atoms with Crippen LogP contribution in [0.1, 0.15) is 23.6 Å². The van der Waals surface area contributed by atoms with Crippen molar-refractivity contribution < 1.29 is 4.79 Å². The van der Waals surface area contributed by atoms with Crippen LogP contribution in [0.25, 0.3) is 11.3 Å². The van der Waals surface area contributed by atoms with E-state index in [2.05, 4.69) is 30.2 Å². The first-order valence-electron chi connectivity index (χ1n) is 8.86. The fraction of sp³-hybridized carbons (Fsp3) is 0.174. The van der Waals surface area contributed by atoms with Gasteiger partial charge < -0.3 is 15.5 Å². The number of rotatable bonds is 8. The van der Waals surface area contributed by atoms with Gasteiger partial charge in [-0.15, -0.1) is 0 Å². The molecule has 2 rings (SSSR count). The van der Waals surface area contributed by atoms with Gasteiger partial charge >= 0.3 is 0 Å². The quantitative estimate of drug-likeness (QED) is 0.506. The summed E-state index contributed by atoms with van der Waals surface area (Å²) in [6, 6.07) is 14.2. The molecule has 2 aromatic rings. The van der Waals surface area contributed by atoms with Gasteiger partial charge in [0.05, 0.1) is 0 Å². The minimum absolute atomic E-state index is 0.789. The van der Waals surface area contributed by atoms with Crippen LogP contribution in [0.15, 0.2) is 67.4 Å². The lowest BCUT2D eigenvalue weighted by molar-refractivity contribution is -0.114. The van der Waals surface area contributed by atoms with Gasteiger partial charge in [0.25, 0.3) is 0 Å². The summed E-state index contributed by atoms with van der Waals surface area (Å²) >= 11 is 0. The standard InChI is InChI=1S/C23H27N3O/c1-6-8-20(15-26(5)16-27)22-9-7-10-23(17(22)2)25-18(3)19-11-13-21(24-4)14-12-19/h6-16,24-25H,3H2,1-2,4-5H3/b8-6-,20-15+. The number of anilines is 2. The van der Waals surface area contributed by atoms with Crippen LogP contribution in [0.3, 0.4) is 0 Å². The Morgan fingerprint density at radius 3 is 2.44 bits per heavy atom. The van der Waals surface area contributed by atoms with Crippen molar-refractivity contribution in [1.82, 2.24) is 4.90 Å². The number of carbonyl (C=O) groups excluding carboxylic acids is 1. The van der Waals surface area contributed by atoms with Crippen LogP contribution in [-0.4, -0.2) is 25.4 Å². The number of nitrogens with one attached hydrogen (secondary N) is 2. The number of allylic oxidation sites excluding steroid dienone is 3. The van der Waals surface area contributed by atoms with E-state index in [9.17, 15) is 4.79 Å². The lowest BCUT2D eigenvalue weighted by atomic mass is 9.98. The first kappa shape index (κ1) is 20.0. The van der Waals surface area contributed by atoms with Gasteiger partial charge in [0, 0.05) is 37.4 Å². The van der Waals surface area contributed by atoms with Crippen molar-refractivity contribution in [1.29, 1.82) is 0 Å². The maximum absolute atomic E-state index is 11.0. The van der Waals surface area contributed by atoms with Crippen LogP contribution >= 0.6 is 0 Å². The molecule has 2 aromatic carbocycles. The molecule has 0 fully saturated rings. The van der Waals surface area contributed by atoms with Crippen molar-refractivity contribution in [3.05, 3.63) is 84.1 Å². The summed E-state index contributed by atoms with van der Waals surface area (Å²) in [5, 5.41) is 6.53. The average molecular weight is 361 g/mol. The number of carbonyl (C=O) groups is 1. The molecule has 0 saturated carbocycles. The van der Waals surface area contributed by atoms with Crippen molar-refractivity contribution in [2.75, 3.05) is 24.7 Å². The molecule has 0 bridgehead atoms. The molecule has 0 aliphatic carbocycles. The van der Waals surface area contributed by atoms with E-state index in [0.717, 1.165) is 45.7 Å². The van der Waals surface area contributed by atoms with Crippen LogP contribution in [-0.2, 0) is 4.79 Å². The van der Waals surface area contributed by atoms with Crippen LogP contribution in [0.4, 0.5) is 11.4 Å². The third kappa shape index (κ3) is 5.11. The van der Waals surface area contributed by atoms with Gasteiger partial charge in [0.2, 0.25) is 6.41 Å². The van der Waals surface area contributed by atoms with E-state index in [4.69, 9.17) is 0 Å². The predicted octanol–water partition coefficient (Wildman–Crippen LogP) is 5.12. The van der Waals surface area contributed by atoms with Gasteiger partial charge in [-0.3, -0.25) is 4.79 Å². The SMILES string of the molecule is C=C(Nc1cccc(C(/C=C\C)=C/N(C)C=O)c1C)c1ccc(NC)cc1. The second-order valence-electron chi connectivity index (χ2n) is 6.26. The van der Waals surface area contributed by atoms with E-state index in [1.807, 2.05) is 68.7 Å². The molecule has 0 radical (unpaired) electrons. The molecular weight excluding hydrogens is 334 g/mol. The summed E-state index contributed by atoms with van der Waals surface area (Å²) < 4.78 is 0. The summed E-state index contributed by atoms with van der Waals surface area (Å²) in [6.45, 7) is 8.20. The zero-order valence-corrected chi connectivity index (χ0v) is 16.4. The maximum Gasteiger partial charge on any atom is 0.213 e. The summed E-state index contributed by atoms with van der Waals surface area (Å²) in [6.07, 6.45) is 6.58. The van der Waals surface area contributed by atoms with Crippen LogP contribution < -0.4 is 10.6 Å². The minimum Gasteiger partial charge on any atom is -0.388 e. The highest BCUT2D eigenvalue weighted by atomic mass is 16.1. The van der Waals surface area contributed by atoms with E-state index < -0.39 is 0 Å². The molecule has 0 aromatic heterocycles. The third-order valence-electron chi connectivity index (χ3n) is 4.31. The Bertz CT molecular complexity index is 864. The Morgan fingerprint density at radius 1 is 1.15 bits per heavy atom. The fourth-order valence-electron chi connectivity index (χ4n) is 2.79. The van der Waals surface area contributed by atoms with Crippen molar-refractivity contribution in [2.24, 2.45) is 0 Å². The number of hydrogen-bond donors (Lipinski definition) is 2. The number of amides is 1. The Hall–Kier alpha value is -3.27. The molecule has 0 unspecified atom stereocenters. The first-order valence-corrected chi connectivity index (χ1v) is 8.86. The molecule has 0 saturated heterocycles. The molecule has 140 valence electrons. The summed E-state index contributed by atoms with van der Waals surface area (Å²) in [4.78, 5) is 12.5. The highest BCUT2D eigenvalue weighted by molar-refractivity contribution is 5.83. The predicted molar refractivity (Wildman–Crippen MR) is 116 cm³/mol. The average Bonchev–Trinajstić information content (AvgIpc) is 2.69. The fourth-order valence-corrected chi connectivity index (χ4v) is 2.79. The molecule has 0 aliphatic heterocycles. The summed E-state index contributed by atoms with van der Waals surface area (Å²) in [7, 11) is 3.62. The highest BCUT2D eigenvalue weighted by Crippen LogP contribution is 2.28.